The highest BCUT2D eigenvalue weighted by Crippen LogP contribution is 2.55. The molecular formula is C41H39ClN8O6S. The summed E-state index contributed by atoms with van der Waals surface area (Å²) in [4.78, 5) is 36.5. The Labute approximate surface area is 333 Å². The van der Waals surface area contributed by atoms with Crippen molar-refractivity contribution in [3.05, 3.63) is 117 Å². The first-order chi connectivity index (χ1) is 27.5. The van der Waals surface area contributed by atoms with E-state index in [1.165, 1.54) is 66.9 Å². The van der Waals surface area contributed by atoms with Crippen molar-refractivity contribution in [1.82, 2.24) is 29.8 Å². The lowest BCUT2D eigenvalue weighted by atomic mass is 9.59. The van der Waals surface area contributed by atoms with E-state index in [0.29, 0.717) is 16.8 Å². The summed E-state index contributed by atoms with van der Waals surface area (Å²) in [5, 5.41) is 19.9. The molecule has 3 aromatic carbocycles. The van der Waals surface area contributed by atoms with Gasteiger partial charge in [0.1, 0.15) is 22.7 Å². The molecule has 1 aliphatic heterocycles. The van der Waals surface area contributed by atoms with Gasteiger partial charge in [-0.25, -0.2) is 18.1 Å². The van der Waals surface area contributed by atoms with Crippen molar-refractivity contribution >= 4 is 66.4 Å². The number of pyridine rings is 1. The minimum Gasteiger partial charge on any atom is -0.455 e. The highest BCUT2D eigenvalue weighted by atomic mass is 35.5. The number of carbonyl (C=O) groups excluding carboxylic acids is 1. The van der Waals surface area contributed by atoms with E-state index in [0.717, 1.165) is 67.7 Å². The van der Waals surface area contributed by atoms with E-state index < -0.39 is 31.4 Å². The number of non-ortho nitro benzene ring substituents is 1. The molecule has 16 heteroatoms. The Morgan fingerprint density at radius 2 is 1.82 bits per heavy atom. The second kappa shape index (κ2) is 14.6. The number of nitro groups is 1. The first-order valence-electron chi connectivity index (χ1n) is 18.9. The van der Waals surface area contributed by atoms with E-state index in [1.54, 1.807) is 24.4 Å². The molecule has 4 heterocycles. The molecule has 2 aliphatic carbocycles. The van der Waals surface area contributed by atoms with Crippen LogP contribution in [0.1, 0.15) is 54.4 Å². The van der Waals surface area contributed by atoms with E-state index in [2.05, 4.69) is 46.8 Å². The van der Waals surface area contributed by atoms with E-state index in [9.17, 15) is 23.3 Å². The summed E-state index contributed by atoms with van der Waals surface area (Å²) in [5.74, 6) is -0.498. The van der Waals surface area contributed by atoms with Crippen molar-refractivity contribution in [1.29, 1.82) is 0 Å². The van der Waals surface area contributed by atoms with Crippen LogP contribution in [-0.2, 0) is 10.0 Å². The fourth-order valence-corrected chi connectivity index (χ4v) is 9.59. The summed E-state index contributed by atoms with van der Waals surface area (Å²) in [6.07, 6.45) is 12.0. The molecule has 1 saturated carbocycles. The topological polar surface area (TPSA) is 179 Å². The van der Waals surface area contributed by atoms with Crippen LogP contribution in [0.2, 0.25) is 5.02 Å². The third kappa shape index (κ3) is 7.33. The summed E-state index contributed by atoms with van der Waals surface area (Å²) in [6.45, 7) is 4.05. The van der Waals surface area contributed by atoms with Crippen molar-refractivity contribution in [3.8, 4) is 11.5 Å². The minimum absolute atomic E-state index is 0.0475. The summed E-state index contributed by atoms with van der Waals surface area (Å²) in [5.41, 5.74) is 5.73. The minimum atomic E-state index is -4.58. The number of amides is 1. The molecule has 1 spiro atoms. The number of hydrogen-bond donors (Lipinski definition) is 3. The van der Waals surface area contributed by atoms with Crippen LogP contribution >= 0.6 is 11.6 Å². The van der Waals surface area contributed by atoms with Crippen molar-refractivity contribution in [2.45, 2.75) is 43.4 Å². The molecule has 0 atom stereocenters. The summed E-state index contributed by atoms with van der Waals surface area (Å²) in [7, 11) is -4.58. The molecule has 3 aliphatic rings. The first kappa shape index (κ1) is 36.8. The van der Waals surface area contributed by atoms with E-state index in [-0.39, 0.29) is 22.2 Å². The van der Waals surface area contributed by atoms with E-state index in [1.807, 2.05) is 18.2 Å². The number of nitrogens with zero attached hydrogens (tertiary/aromatic N) is 5. The number of aromatic amines is 2. The molecule has 0 radical (unpaired) electrons. The molecule has 3 N–H and O–H groups in total. The number of ether oxygens (including phenoxy) is 1. The van der Waals surface area contributed by atoms with E-state index in [4.69, 9.17) is 16.3 Å². The normalized spacial score (nSPS) is 17.2. The molecule has 1 saturated heterocycles. The molecule has 6 aromatic rings. The lowest BCUT2D eigenvalue weighted by Crippen LogP contribution is -2.47. The van der Waals surface area contributed by atoms with Gasteiger partial charge in [-0.15, -0.1) is 0 Å². The number of piperazine rings is 1. The fourth-order valence-electron chi connectivity index (χ4n) is 8.45. The van der Waals surface area contributed by atoms with Gasteiger partial charge in [0.05, 0.1) is 27.0 Å². The standard InChI is InChI=1S/C41H39ClN8O6S/c42-29-4-2-26(3-5-29)34-22-41(10-1-11-41)12-8-28(34)25-48-14-16-49(17-15-48)30-6-7-33(38(19-30)56-31-18-27-9-13-43-39(27)44-23-31)40(51)47-57(54,55)32-20-36-35(24-45-46-36)37(21-32)50(52)53/h2-7,9,13,18-21,23-24H,1,8,10-12,14-17,22,25H2,(H,43,44)(H,45,46)(H,47,51). The van der Waals surface area contributed by atoms with E-state index >= 15 is 0 Å². The predicted molar refractivity (Wildman–Crippen MR) is 217 cm³/mol. The highest BCUT2D eigenvalue weighted by Gasteiger charge is 2.41. The van der Waals surface area contributed by atoms with Crippen LogP contribution in [0.4, 0.5) is 11.4 Å². The average molecular weight is 807 g/mol. The first-order valence-corrected chi connectivity index (χ1v) is 20.8. The Kier molecular flexibility index (Phi) is 9.45. The maximum Gasteiger partial charge on any atom is 0.281 e. The Balaban J connectivity index is 0.959. The summed E-state index contributed by atoms with van der Waals surface area (Å²) < 4.78 is 35.4. The fraction of sp³-hybridized carbons (Fsp3) is 0.293. The van der Waals surface area contributed by atoms with Gasteiger partial charge in [0.25, 0.3) is 21.6 Å². The van der Waals surface area contributed by atoms with Crippen LogP contribution in [0.5, 0.6) is 11.5 Å². The Morgan fingerprint density at radius 1 is 1.02 bits per heavy atom. The number of aromatic nitrogens is 4. The van der Waals surface area contributed by atoms with Crippen molar-refractivity contribution in [2.24, 2.45) is 5.41 Å². The van der Waals surface area contributed by atoms with Gasteiger partial charge in [-0.2, -0.15) is 5.10 Å². The Bertz CT molecular complexity index is 2680. The van der Waals surface area contributed by atoms with Crippen LogP contribution in [0.3, 0.4) is 0 Å². The van der Waals surface area contributed by atoms with Gasteiger partial charge >= 0.3 is 0 Å². The number of benzene rings is 3. The molecule has 0 bridgehead atoms. The number of nitro benzene ring substituents is 1. The molecule has 0 unspecified atom stereocenters. The monoisotopic (exact) mass is 806 g/mol. The third-order valence-corrected chi connectivity index (χ3v) is 13.3. The molecule has 14 nitrogen and oxygen atoms in total. The SMILES string of the molecule is O=C(NS(=O)(=O)c1cc([N+](=O)[O-])c2c[nH]nc2c1)c1ccc(N2CCN(CC3=C(c4ccc(Cl)cc4)CC4(CCC4)CC3)CC2)cc1Oc1cnc2[nH]ccc2c1. The molecule has 3 aromatic heterocycles. The number of nitrogens with one attached hydrogen (secondary N) is 3. The van der Waals surface area contributed by atoms with Crippen LogP contribution in [0.25, 0.3) is 27.5 Å². The van der Waals surface area contributed by atoms with Gasteiger partial charge in [0.15, 0.2) is 0 Å². The largest absolute Gasteiger partial charge is 0.455 e. The van der Waals surface area contributed by atoms with Crippen LogP contribution < -0.4 is 14.4 Å². The zero-order chi connectivity index (χ0) is 39.3. The molecule has 9 rings (SSSR count). The summed E-state index contributed by atoms with van der Waals surface area (Å²) >= 11 is 6.26. The number of carbonyl (C=O) groups is 1. The molecule has 292 valence electrons. The van der Waals surface area contributed by atoms with Crippen LogP contribution in [0.15, 0.2) is 95.8 Å². The lowest BCUT2D eigenvalue weighted by Gasteiger charge is -2.47. The molecule has 2 fully saturated rings. The predicted octanol–water partition coefficient (Wildman–Crippen LogP) is 7.84. The maximum absolute atomic E-state index is 13.8. The van der Waals surface area contributed by atoms with Crippen molar-refractivity contribution in [3.63, 3.8) is 0 Å². The number of fused-ring (bicyclic) bond motifs is 2. The van der Waals surface area contributed by atoms with Crippen LogP contribution in [0, 0.1) is 15.5 Å². The molecular weight excluding hydrogens is 768 g/mol. The van der Waals surface area contributed by atoms with Crippen molar-refractivity contribution < 1.29 is 22.9 Å². The number of rotatable bonds is 10. The molecule has 57 heavy (non-hydrogen) atoms. The van der Waals surface area contributed by atoms with Crippen molar-refractivity contribution in [2.75, 3.05) is 37.6 Å². The second-order valence-corrected chi connectivity index (χ2v) is 17.3. The third-order valence-electron chi connectivity index (χ3n) is 11.7. The van der Waals surface area contributed by atoms with Gasteiger partial charge in [0, 0.05) is 73.3 Å². The average Bonchev–Trinajstić information content (AvgIpc) is 3.87. The van der Waals surface area contributed by atoms with Gasteiger partial charge < -0.3 is 14.6 Å². The number of allylic oxidation sites excluding steroid dienone is 1. The lowest BCUT2D eigenvalue weighted by molar-refractivity contribution is -0.383. The second-order valence-electron chi connectivity index (χ2n) is 15.2. The van der Waals surface area contributed by atoms with Crippen LogP contribution in [-0.4, -0.2) is 77.0 Å². The zero-order valence-electron chi connectivity index (χ0n) is 30.8. The van der Waals surface area contributed by atoms with Gasteiger partial charge in [-0.05, 0) is 91.1 Å². The number of halogens is 1. The van der Waals surface area contributed by atoms with Gasteiger partial charge in [-0.1, -0.05) is 35.7 Å². The molecule has 1 amide bonds. The zero-order valence-corrected chi connectivity index (χ0v) is 32.4. The smallest absolute Gasteiger partial charge is 0.281 e. The number of anilines is 1. The maximum atomic E-state index is 13.8. The van der Waals surface area contributed by atoms with Gasteiger partial charge in [0.2, 0.25) is 0 Å². The number of hydrogen-bond acceptors (Lipinski definition) is 10. The quantitative estimate of drug-likeness (QED) is 0.0912. The summed E-state index contributed by atoms with van der Waals surface area (Å²) in [6, 6.07) is 19.0. The van der Waals surface area contributed by atoms with Gasteiger partial charge in [-0.3, -0.25) is 24.9 Å². The Hall–Kier alpha value is -5.77. The highest BCUT2D eigenvalue weighted by molar-refractivity contribution is 7.90. The number of sulfonamides is 1. The Morgan fingerprint density at radius 3 is 2.58 bits per heavy atom. The number of H-pyrrole nitrogens is 2.